The first-order chi connectivity index (χ1) is 8.43. The molecule has 1 aromatic rings. The molecule has 1 aromatic heterocycles. The summed E-state index contributed by atoms with van der Waals surface area (Å²) in [5, 5.41) is 7.21. The molecule has 4 nitrogen and oxygen atoms in total. The minimum absolute atomic E-state index is 0.0316. The van der Waals surface area contributed by atoms with Crippen molar-refractivity contribution in [3.8, 4) is 0 Å². The van der Waals surface area contributed by atoms with Crippen molar-refractivity contribution in [3.05, 3.63) is 16.1 Å². The van der Waals surface area contributed by atoms with E-state index in [2.05, 4.69) is 22.5 Å². The van der Waals surface area contributed by atoms with Crippen molar-refractivity contribution in [2.45, 2.75) is 59.2 Å². The fourth-order valence-electron chi connectivity index (χ4n) is 1.62. The first kappa shape index (κ1) is 15.1. The Hall–Kier alpha value is -0.940. The van der Waals surface area contributed by atoms with Crippen LogP contribution in [0.3, 0.4) is 0 Å². The predicted molar refractivity (Wildman–Crippen MR) is 75.8 cm³/mol. The van der Waals surface area contributed by atoms with Crippen LogP contribution < -0.4 is 10.6 Å². The van der Waals surface area contributed by atoms with Crippen LogP contribution in [0.1, 0.15) is 50.5 Å². The fourth-order valence-corrected chi connectivity index (χ4v) is 2.49. The zero-order valence-corrected chi connectivity index (χ0v) is 12.6. The van der Waals surface area contributed by atoms with Crippen molar-refractivity contribution >= 4 is 17.2 Å². The monoisotopic (exact) mass is 269 g/mol. The summed E-state index contributed by atoms with van der Waals surface area (Å²) in [6.07, 6.45) is 2.92. The van der Waals surface area contributed by atoms with Crippen molar-refractivity contribution in [2.24, 2.45) is 0 Å². The second-order valence-electron chi connectivity index (χ2n) is 4.79. The predicted octanol–water partition coefficient (Wildman–Crippen LogP) is 2.27. The molecule has 0 radical (unpaired) electrons. The van der Waals surface area contributed by atoms with Crippen molar-refractivity contribution in [2.75, 3.05) is 0 Å². The molecule has 2 unspecified atom stereocenters. The number of nitrogens with one attached hydrogen (secondary N) is 2. The lowest BCUT2D eigenvalue weighted by Crippen LogP contribution is -2.45. The molecule has 102 valence electrons. The van der Waals surface area contributed by atoms with Gasteiger partial charge in [0.25, 0.3) is 0 Å². The summed E-state index contributed by atoms with van der Waals surface area (Å²) in [7, 11) is 0. The lowest BCUT2D eigenvalue weighted by atomic mass is 10.2. The summed E-state index contributed by atoms with van der Waals surface area (Å²) in [4.78, 5) is 17.5. The van der Waals surface area contributed by atoms with Gasteiger partial charge in [0, 0.05) is 17.1 Å². The molecule has 0 fully saturated rings. The van der Waals surface area contributed by atoms with E-state index in [9.17, 15) is 4.79 Å². The number of nitrogens with zero attached hydrogens (tertiary/aromatic N) is 1. The van der Waals surface area contributed by atoms with Crippen molar-refractivity contribution in [1.29, 1.82) is 0 Å². The van der Waals surface area contributed by atoms with Crippen molar-refractivity contribution < 1.29 is 4.79 Å². The minimum Gasteiger partial charge on any atom is -0.353 e. The van der Waals surface area contributed by atoms with Gasteiger partial charge in [0.2, 0.25) is 5.91 Å². The summed E-state index contributed by atoms with van der Waals surface area (Å²) in [6.45, 7) is 9.96. The Morgan fingerprint density at radius 3 is 2.56 bits per heavy atom. The number of hydrogen-bond donors (Lipinski definition) is 2. The summed E-state index contributed by atoms with van der Waals surface area (Å²) >= 11 is 1.70. The number of rotatable bonds is 6. The van der Waals surface area contributed by atoms with Gasteiger partial charge >= 0.3 is 0 Å². The van der Waals surface area contributed by atoms with Gasteiger partial charge in [-0.3, -0.25) is 10.1 Å². The molecule has 0 aliphatic carbocycles. The number of amides is 1. The van der Waals surface area contributed by atoms with Gasteiger partial charge in [-0.05, 0) is 34.1 Å². The highest BCUT2D eigenvalue weighted by Crippen LogP contribution is 2.20. The van der Waals surface area contributed by atoms with Crippen molar-refractivity contribution in [1.82, 2.24) is 15.6 Å². The Labute approximate surface area is 113 Å². The van der Waals surface area contributed by atoms with E-state index in [1.165, 1.54) is 4.88 Å². The molecule has 0 bridgehead atoms. The minimum atomic E-state index is -0.212. The number of carbonyl (C=O) groups excluding carboxylic acids is 1. The van der Waals surface area contributed by atoms with Gasteiger partial charge in [-0.2, -0.15) is 0 Å². The van der Waals surface area contributed by atoms with Gasteiger partial charge in [-0.15, -0.1) is 11.3 Å². The number of aromatic nitrogens is 1. The first-order valence-corrected chi connectivity index (χ1v) is 7.26. The average Bonchev–Trinajstić information content (AvgIpc) is 2.76. The van der Waals surface area contributed by atoms with Gasteiger partial charge < -0.3 is 5.32 Å². The molecular formula is C13H23N3OS. The molecule has 0 saturated carbocycles. The van der Waals surface area contributed by atoms with Crippen LogP contribution in [0, 0.1) is 0 Å². The number of carbonyl (C=O) groups is 1. The van der Waals surface area contributed by atoms with Crippen LogP contribution in [0.4, 0.5) is 0 Å². The standard InChI is InChI=1S/C13H23N3OS/c1-6-11-7-14-13(18-11)10(5)16-9(4)12(17)15-8(2)3/h7-10,16H,6H2,1-5H3,(H,15,17). The molecule has 0 saturated heterocycles. The van der Waals surface area contributed by atoms with Crippen LogP contribution in [-0.2, 0) is 11.2 Å². The summed E-state index contributed by atoms with van der Waals surface area (Å²) in [5.74, 6) is 0.0316. The zero-order chi connectivity index (χ0) is 13.7. The number of aryl methyl sites for hydroxylation is 1. The molecule has 2 atom stereocenters. The molecule has 0 aromatic carbocycles. The zero-order valence-electron chi connectivity index (χ0n) is 11.8. The average molecular weight is 269 g/mol. The third kappa shape index (κ3) is 4.38. The maximum atomic E-state index is 11.8. The fraction of sp³-hybridized carbons (Fsp3) is 0.692. The van der Waals surface area contributed by atoms with E-state index in [-0.39, 0.29) is 24.0 Å². The van der Waals surface area contributed by atoms with E-state index in [0.29, 0.717) is 0 Å². The van der Waals surface area contributed by atoms with E-state index < -0.39 is 0 Å². The third-order valence-electron chi connectivity index (χ3n) is 2.61. The molecular weight excluding hydrogens is 246 g/mol. The quantitative estimate of drug-likeness (QED) is 0.833. The second-order valence-corrected chi connectivity index (χ2v) is 5.94. The summed E-state index contributed by atoms with van der Waals surface area (Å²) < 4.78 is 0. The van der Waals surface area contributed by atoms with Crippen LogP contribution in [0.15, 0.2) is 6.20 Å². The molecule has 0 spiro atoms. The highest BCUT2D eigenvalue weighted by molar-refractivity contribution is 7.11. The number of hydrogen-bond acceptors (Lipinski definition) is 4. The highest BCUT2D eigenvalue weighted by Gasteiger charge is 2.18. The van der Waals surface area contributed by atoms with Gasteiger partial charge in [0.15, 0.2) is 0 Å². The van der Waals surface area contributed by atoms with E-state index in [1.807, 2.05) is 33.9 Å². The van der Waals surface area contributed by atoms with Gasteiger partial charge in [-0.25, -0.2) is 4.98 Å². The second kappa shape index (κ2) is 6.85. The third-order valence-corrected chi connectivity index (χ3v) is 3.94. The van der Waals surface area contributed by atoms with Crippen LogP contribution in [0.25, 0.3) is 0 Å². The molecule has 0 aliphatic heterocycles. The van der Waals surface area contributed by atoms with Crippen LogP contribution >= 0.6 is 11.3 Å². The Morgan fingerprint density at radius 2 is 2.06 bits per heavy atom. The topological polar surface area (TPSA) is 54.0 Å². The Kier molecular flexibility index (Phi) is 5.75. The molecule has 1 rings (SSSR count). The molecule has 18 heavy (non-hydrogen) atoms. The lowest BCUT2D eigenvalue weighted by molar-refractivity contribution is -0.123. The Bertz CT molecular complexity index is 389. The SMILES string of the molecule is CCc1cnc(C(C)NC(C)C(=O)NC(C)C)s1. The van der Waals surface area contributed by atoms with E-state index >= 15 is 0 Å². The summed E-state index contributed by atoms with van der Waals surface area (Å²) in [5.41, 5.74) is 0. The first-order valence-electron chi connectivity index (χ1n) is 6.45. The number of thiazole rings is 1. The van der Waals surface area contributed by atoms with Crippen LogP contribution in [0.2, 0.25) is 0 Å². The lowest BCUT2D eigenvalue weighted by Gasteiger charge is -2.19. The molecule has 0 aliphatic rings. The van der Waals surface area contributed by atoms with Crippen LogP contribution in [0.5, 0.6) is 0 Å². The maximum Gasteiger partial charge on any atom is 0.237 e. The molecule has 1 amide bonds. The normalized spacial score (nSPS) is 14.6. The van der Waals surface area contributed by atoms with Gasteiger partial charge in [0.05, 0.1) is 12.1 Å². The smallest absolute Gasteiger partial charge is 0.237 e. The van der Waals surface area contributed by atoms with E-state index in [4.69, 9.17) is 0 Å². The highest BCUT2D eigenvalue weighted by atomic mass is 32.1. The van der Waals surface area contributed by atoms with Gasteiger partial charge in [0.1, 0.15) is 5.01 Å². The van der Waals surface area contributed by atoms with Crippen LogP contribution in [-0.4, -0.2) is 23.0 Å². The Morgan fingerprint density at radius 1 is 1.39 bits per heavy atom. The summed E-state index contributed by atoms with van der Waals surface area (Å²) in [6, 6.07) is 0.0585. The van der Waals surface area contributed by atoms with Gasteiger partial charge in [-0.1, -0.05) is 6.92 Å². The Balaban J connectivity index is 2.53. The molecule has 1 heterocycles. The van der Waals surface area contributed by atoms with E-state index in [0.717, 1.165) is 11.4 Å². The largest absolute Gasteiger partial charge is 0.353 e. The van der Waals surface area contributed by atoms with E-state index in [1.54, 1.807) is 11.3 Å². The van der Waals surface area contributed by atoms with Crippen molar-refractivity contribution in [3.63, 3.8) is 0 Å². The maximum absolute atomic E-state index is 11.8. The molecule has 2 N–H and O–H groups in total. The molecule has 5 heteroatoms.